The van der Waals surface area contributed by atoms with Crippen molar-refractivity contribution in [1.29, 1.82) is 0 Å². The van der Waals surface area contributed by atoms with E-state index in [9.17, 15) is 29.4 Å². The summed E-state index contributed by atoms with van der Waals surface area (Å²) in [6, 6.07) is -2.64. The summed E-state index contributed by atoms with van der Waals surface area (Å²) in [6.45, 7) is 9.72. The maximum absolute atomic E-state index is 13.4. The number of primary amides is 1. The van der Waals surface area contributed by atoms with Crippen molar-refractivity contribution < 1.29 is 29.4 Å². The molecule has 2 unspecified atom stereocenters. The Morgan fingerprint density at radius 3 is 2.22 bits per heavy atom. The number of nitrogens with one attached hydrogen (secondary N) is 2. The molecule has 3 fully saturated rings. The number of aliphatic hydroxyl groups is 1. The topological polar surface area (TPSA) is 162 Å². The minimum Gasteiger partial charge on any atom is -0.465 e. The van der Waals surface area contributed by atoms with Crippen LogP contribution in [0.5, 0.6) is 0 Å². The molecule has 1 saturated heterocycles. The Morgan fingerprint density at radius 2 is 1.75 bits per heavy atom. The first-order valence-electron chi connectivity index (χ1n) is 11.2. The lowest BCUT2D eigenvalue weighted by atomic mass is 9.85. The van der Waals surface area contributed by atoms with Gasteiger partial charge in [-0.25, -0.2) is 4.79 Å². The number of hydrogen-bond donors (Lipinski definition) is 5. The van der Waals surface area contributed by atoms with Crippen LogP contribution in [-0.2, 0) is 14.4 Å². The third kappa shape index (κ3) is 4.69. The Morgan fingerprint density at radius 1 is 1.16 bits per heavy atom. The number of carbonyl (C=O) groups excluding carboxylic acids is 3. The molecule has 0 aromatic rings. The second-order valence-corrected chi connectivity index (χ2v) is 11.3. The van der Waals surface area contributed by atoms with Crippen molar-refractivity contribution in [2.24, 2.45) is 34.3 Å². The predicted molar refractivity (Wildman–Crippen MR) is 115 cm³/mol. The molecule has 0 aromatic carbocycles. The number of rotatable bonds is 8. The summed E-state index contributed by atoms with van der Waals surface area (Å²) in [6.07, 6.45) is -0.434. The zero-order valence-electron chi connectivity index (χ0n) is 19.4. The summed E-state index contributed by atoms with van der Waals surface area (Å²) in [4.78, 5) is 51.2. The highest BCUT2D eigenvalue weighted by atomic mass is 16.4. The van der Waals surface area contributed by atoms with Crippen molar-refractivity contribution in [3.63, 3.8) is 0 Å². The fourth-order valence-electron chi connectivity index (χ4n) is 5.20. The molecule has 10 heteroatoms. The van der Waals surface area contributed by atoms with E-state index in [2.05, 4.69) is 10.6 Å². The highest BCUT2D eigenvalue weighted by Gasteiger charge is 2.69. The van der Waals surface area contributed by atoms with E-state index >= 15 is 0 Å². The van der Waals surface area contributed by atoms with Gasteiger partial charge in [-0.1, -0.05) is 47.5 Å². The molecule has 3 rings (SSSR count). The quantitative estimate of drug-likeness (QED) is 0.355. The number of fused-ring (bicyclic) bond motifs is 1. The van der Waals surface area contributed by atoms with E-state index < -0.39 is 53.5 Å². The van der Waals surface area contributed by atoms with Crippen LogP contribution in [0.3, 0.4) is 0 Å². The Kier molecular flexibility index (Phi) is 6.23. The molecule has 6 N–H and O–H groups in total. The van der Waals surface area contributed by atoms with Gasteiger partial charge in [0, 0.05) is 6.54 Å². The standard InChI is InChI=1S/C22H36N4O6/c1-21(2,3)16(25-20(31)32)19(30)26-9-11-13(22(11,4)5)14(26)18(29)24-12(8-10-6-7-10)15(27)17(23)28/h10-16,25,27H,6-9H2,1-5H3,(H2,23,28)(H,24,29)(H,31,32)/t11-,12?,13-,14-,15?,16+/m0/s1. The van der Waals surface area contributed by atoms with Crippen molar-refractivity contribution in [3.05, 3.63) is 0 Å². The van der Waals surface area contributed by atoms with Gasteiger partial charge in [0.15, 0.2) is 6.10 Å². The number of piperidine rings is 1. The number of hydrogen-bond acceptors (Lipinski definition) is 5. The van der Waals surface area contributed by atoms with Gasteiger partial charge in [0.2, 0.25) is 17.7 Å². The Balaban J connectivity index is 1.83. The average molecular weight is 453 g/mol. The Labute approximate surface area is 188 Å². The van der Waals surface area contributed by atoms with E-state index in [1.165, 1.54) is 4.90 Å². The molecule has 0 aromatic heterocycles. The third-order valence-corrected chi connectivity index (χ3v) is 7.43. The van der Waals surface area contributed by atoms with Gasteiger partial charge in [-0.2, -0.15) is 0 Å². The van der Waals surface area contributed by atoms with Crippen LogP contribution in [-0.4, -0.2) is 69.7 Å². The second kappa shape index (κ2) is 8.20. The minimum atomic E-state index is -1.51. The van der Waals surface area contributed by atoms with Crippen LogP contribution in [0.2, 0.25) is 0 Å². The minimum absolute atomic E-state index is 0.0795. The predicted octanol–water partition coefficient (Wildman–Crippen LogP) is 0.283. The van der Waals surface area contributed by atoms with E-state index in [-0.39, 0.29) is 17.3 Å². The van der Waals surface area contributed by atoms with Gasteiger partial charge in [-0.05, 0) is 35.0 Å². The number of nitrogens with two attached hydrogens (primary N) is 1. The lowest BCUT2D eigenvalue weighted by Gasteiger charge is -2.37. The maximum Gasteiger partial charge on any atom is 0.405 e. The van der Waals surface area contributed by atoms with Gasteiger partial charge in [-0.15, -0.1) is 0 Å². The number of carboxylic acid groups (broad SMARTS) is 1. The van der Waals surface area contributed by atoms with Crippen molar-refractivity contribution in [2.45, 2.75) is 78.1 Å². The lowest BCUT2D eigenvalue weighted by Crippen LogP contribution is -2.60. The number of aliphatic hydroxyl groups excluding tert-OH is 1. The molecule has 1 heterocycles. The molecular weight excluding hydrogens is 416 g/mol. The van der Waals surface area contributed by atoms with E-state index in [4.69, 9.17) is 5.73 Å². The second-order valence-electron chi connectivity index (χ2n) is 11.3. The van der Waals surface area contributed by atoms with E-state index in [1.54, 1.807) is 20.8 Å². The largest absolute Gasteiger partial charge is 0.465 e. The van der Waals surface area contributed by atoms with Gasteiger partial charge in [-0.3, -0.25) is 14.4 Å². The zero-order valence-corrected chi connectivity index (χ0v) is 19.4. The SMILES string of the molecule is CC(C)(C)[C@H](NC(=O)O)C(=O)N1C[C@H]2[C@@H]([C@H]1C(=O)NC(CC1CC1)C(O)C(N)=O)C2(C)C. The molecule has 32 heavy (non-hydrogen) atoms. The summed E-state index contributed by atoms with van der Waals surface area (Å²) in [5.41, 5.74) is 4.45. The molecule has 2 saturated carbocycles. The molecule has 3 aliphatic rings. The van der Waals surface area contributed by atoms with E-state index in [0.29, 0.717) is 18.9 Å². The van der Waals surface area contributed by atoms with Crippen LogP contribution in [0.1, 0.15) is 53.9 Å². The highest BCUT2D eigenvalue weighted by molar-refractivity contribution is 5.93. The van der Waals surface area contributed by atoms with Gasteiger partial charge in [0.05, 0.1) is 6.04 Å². The van der Waals surface area contributed by atoms with Crippen LogP contribution in [0, 0.1) is 28.6 Å². The van der Waals surface area contributed by atoms with Crippen molar-refractivity contribution in [1.82, 2.24) is 15.5 Å². The molecule has 6 atom stereocenters. The monoisotopic (exact) mass is 452 g/mol. The van der Waals surface area contributed by atoms with Crippen LogP contribution in [0.25, 0.3) is 0 Å². The molecule has 10 nitrogen and oxygen atoms in total. The average Bonchev–Trinajstić information content (AvgIpc) is 3.50. The van der Waals surface area contributed by atoms with Crippen molar-refractivity contribution in [3.8, 4) is 0 Å². The molecule has 0 radical (unpaired) electrons. The fraction of sp³-hybridized carbons (Fsp3) is 0.818. The summed E-state index contributed by atoms with van der Waals surface area (Å²) < 4.78 is 0. The van der Waals surface area contributed by atoms with Crippen LogP contribution < -0.4 is 16.4 Å². The number of nitrogens with zero attached hydrogens (tertiary/aromatic N) is 1. The lowest BCUT2D eigenvalue weighted by molar-refractivity contribution is -0.144. The first kappa shape index (κ1) is 24.3. The fourth-order valence-corrected chi connectivity index (χ4v) is 5.20. The summed E-state index contributed by atoms with van der Waals surface area (Å²) in [5.74, 6) is -1.42. The summed E-state index contributed by atoms with van der Waals surface area (Å²) in [7, 11) is 0. The van der Waals surface area contributed by atoms with Gasteiger partial charge < -0.3 is 31.5 Å². The molecule has 0 bridgehead atoms. The third-order valence-electron chi connectivity index (χ3n) is 7.43. The molecule has 1 aliphatic heterocycles. The smallest absolute Gasteiger partial charge is 0.405 e. The van der Waals surface area contributed by atoms with Gasteiger partial charge >= 0.3 is 6.09 Å². The highest BCUT2D eigenvalue weighted by Crippen LogP contribution is 2.65. The van der Waals surface area contributed by atoms with E-state index in [1.807, 2.05) is 13.8 Å². The first-order chi connectivity index (χ1) is 14.7. The Bertz CT molecular complexity index is 803. The normalized spacial score (nSPS) is 28.8. The molecule has 0 spiro atoms. The molecular formula is C22H36N4O6. The Hall–Kier alpha value is -2.36. The summed E-state index contributed by atoms with van der Waals surface area (Å²) in [5, 5.41) is 24.6. The number of amides is 4. The molecule has 4 amide bonds. The number of likely N-dealkylation sites (tertiary alicyclic amines) is 1. The van der Waals surface area contributed by atoms with Crippen molar-refractivity contribution in [2.75, 3.05) is 6.54 Å². The maximum atomic E-state index is 13.4. The van der Waals surface area contributed by atoms with Crippen LogP contribution >= 0.6 is 0 Å². The van der Waals surface area contributed by atoms with E-state index in [0.717, 1.165) is 12.8 Å². The van der Waals surface area contributed by atoms with Crippen LogP contribution in [0.15, 0.2) is 0 Å². The molecule has 2 aliphatic carbocycles. The first-order valence-corrected chi connectivity index (χ1v) is 11.2. The zero-order chi connectivity index (χ0) is 24.2. The van der Waals surface area contributed by atoms with Gasteiger partial charge in [0.25, 0.3) is 0 Å². The van der Waals surface area contributed by atoms with Crippen molar-refractivity contribution >= 4 is 23.8 Å². The van der Waals surface area contributed by atoms with Gasteiger partial charge in [0.1, 0.15) is 12.1 Å². The van der Waals surface area contributed by atoms with Crippen LogP contribution in [0.4, 0.5) is 4.79 Å². The molecule has 180 valence electrons. The summed E-state index contributed by atoms with van der Waals surface area (Å²) >= 11 is 0. The number of carbonyl (C=O) groups is 4.